The molecule has 4 rings (SSSR count). The summed E-state index contributed by atoms with van der Waals surface area (Å²) in [7, 11) is 0. The van der Waals surface area contributed by atoms with E-state index in [4.69, 9.17) is 10.5 Å². The van der Waals surface area contributed by atoms with Gasteiger partial charge in [0.25, 0.3) is 5.91 Å². The smallest absolute Gasteiger partial charge is 0.257 e. The number of thiophene rings is 1. The Morgan fingerprint density at radius 3 is 2.71 bits per heavy atom. The Hall–Kier alpha value is -2.93. The van der Waals surface area contributed by atoms with Crippen LogP contribution in [-0.4, -0.2) is 42.0 Å². The number of anilines is 1. The highest BCUT2D eigenvalue weighted by Crippen LogP contribution is 2.40. The molecule has 7 heteroatoms. The maximum Gasteiger partial charge on any atom is 0.257 e. The third-order valence-electron chi connectivity index (χ3n) is 5.45. The van der Waals surface area contributed by atoms with Gasteiger partial charge in [-0.15, -0.1) is 11.3 Å². The van der Waals surface area contributed by atoms with E-state index in [0.717, 1.165) is 10.1 Å². The van der Waals surface area contributed by atoms with Gasteiger partial charge in [0, 0.05) is 36.0 Å². The number of benzene rings is 1. The van der Waals surface area contributed by atoms with Crippen LogP contribution in [0.25, 0.3) is 10.1 Å². The zero-order valence-electron chi connectivity index (χ0n) is 15.4. The number of hydrogen-bond donors (Lipinski definition) is 1. The van der Waals surface area contributed by atoms with Crippen LogP contribution in [0.3, 0.4) is 0 Å². The zero-order chi connectivity index (χ0) is 19.9. The van der Waals surface area contributed by atoms with Crippen LogP contribution in [0.4, 0.5) is 5.00 Å². The Morgan fingerprint density at radius 1 is 1.32 bits per heavy atom. The second-order valence-electron chi connectivity index (χ2n) is 7.09. The molecule has 0 aliphatic carbocycles. The zero-order valence-corrected chi connectivity index (χ0v) is 16.3. The largest absolute Gasteiger partial charge is 0.484 e. The lowest BCUT2D eigenvalue weighted by atomic mass is 9.83. The maximum absolute atomic E-state index is 13.1. The number of amides is 1. The highest BCUT2D eigenvalue weighted by Gasteiger charge is 2.44. The SMILES string of the molecule is C=CC1=C(N=C)C(=O)CC2(CCN(C(=O)c3c(N)sc4ccccc34)CC2)O1. The van der Waals surface area contributed by atoms with Crippen LogP contribution in [0.2, 0.25) is 0 Å². The Labute approximate surface area is 167 Å². The van der Waals surface area contributed by atoms with Crippen molar-refractivity contribution in [1.82, 2.24) is 4.90 Å². The molecule has 0 saturated carbocycles. The highest BCUT2D eigenvalue weighted by atomic mass is 32.1. The molecule has 3 heterocycles. The molecule has 6 nitrogen and oxygen atoms in total. The number of allylic oxidation sites excluding steroid dienone is 2. The summed E-state index contributed by atoms with van der Waals surface area (Å²) in [6, 6.07) is 7.74. The number of aliphatic imine (C=N–C) groups is 1. The quantitative estimate of drug-likeness (QED) is 0.806. The van der Waals surface area contributed by atoms with Crippen molar-refractivity contribution in [2.75, 3.05) is 18.8 Å². The number of hydrogen-bond acceptors (Lipinski definition) is 6. The number of Topliss-reactive ketones (excluding diaryl/α,β-unsaturated/α-hetero) is 1. The molecule has 0 atom stereocenters. The molecule has 2 aromatic rings. The van der Waals surface area contributed by atoms with Gasteiger partial charge in [0.05, 0.1) is 17.0 Å². The van der Waals surface area contributed by atoms with Crippen LogP contribution in [-0.2, 0) is 9.53 Å². The average molecular weight is 395 g/mol. The molecule has 2 N–H and O–H groups in total. The maximum atomic E-state index is 13.1. The molecule has 1 fully saturated rings. The van der Waals surface area contributed by atoms with Gasteiger partial charge in [0.2, 0.25) is 0 Å². The van der Waals surface area contributed by atoms with Crippen molar-refractivity contribution in [3.05, 3.63) is 53.9 Å². The Balaban J connectivity index is 1.55. The predicted molar refractivity (Wildman–Crippen MR) is 112 cm³/mol. The molecule has 0 radical (unpaired) electrons. The van der Waals surface area contributed by atoms with Crippen LogP contribution in [0.5, 0.6) is 0 Å². The minimum absolute atomic E-state index is 0.0696. The van der Waals surface area contributed by atoms with Gasteiger partial charge in [-0.2, -0.15) is 0 Å². The van der Waals surface area contributed by atoms with Gasteiger partial charge >= 0.3 is 0 Å². The summed E-state index contributed by atoms with van der Waals surface area (Å²) in [5.41, 5.74) is 6.34. The van der Waals surface area contributed by atoms with Crippen molar-refractivity contribution in [3.63, 3.8) is 0 Å². The first kappa shape index (κ1) is 18.4. The fourth-order valence-corrected chi connectivity index (χ4v) is 4.94. The molecule has 144 valence electrons. The summed E-state index contributed by atoms with van der Waals surface area (Å²) in [6.45, 7) is 8.15. The number of piperidine rings is 1. The van der Waals surface area contributed by atoms with E-state index in [2.05, 4.69) is 18.3 Å². The minimum Gasteiger partial charge on any atom is -0.484 e. The van der Waals surface area contributed by atoms with Crippen molar-refractivity contribution >= 4 is 44.8 Å². The number of nitrogen functional groups attached to an aromatic ring is 1. The third-order valence-corrected chi connectivity index (χ3v) is 6.45. The van der Waals surface area contributed by atoms with Crippen molar-refractivity contribution in [1.29, 1.82) is 0 Å². The van der Waals surface area contributed by atoms with E-state index < -0.39 is 5.60 Å². The Bertz CT molecular complexity index is 1030. The van der Waals surface area contributed by atoms with Gasteiger partial charge in [0.15, 0.2) is 5.78 Å². The lowest BCUT2D eigenvalue weighted by molar-refractivity contribution is -0.128. The summed E-state index contributed by atoms with van der Waals surface area (Å²) >= 11 is 1.43. The fourth-order valence-electron chi connectivity index (χ4n) is 3.98. The number of nitrogens with two attached hydrogens (primary N) is 1. The van der Waals surface area contributed by atoms with E-state index in [1.165, 1.54) is 17.4 Å². The minimum atomic E-state index is -0.617. The summed E-state index contributed by atoms with van der Waals surface area (Å²) in [6.07, 6.45) is 2.87. The molecule has 1 spiro atoms. The lowest BCUT2D eigenvalue weighted by Gasteiger charge is -2.43. The molecule has 1 saturated heterocycles. The first-order chi connectivity index (χ1) is 13.5. The Morgan fingerprint density at radius 2 is 2.04 bits per heavy atom. The number of carbonyl (C=O) groups is 2. The first-order valence-corrected chi connectivity index (χ1v) is 9.91. The second kappa shape index (κ2) is 6.91. The number of ketones is 1. The first-order valence-electron chi connectivity index (χ1n) is 9.10. The molecule has 2 aliphatic rings. The number of likely N-dealkylation sites (tertiary alicyclic amines) is 1. The topological polar surface area (TPSA) is 85.0 Å². The van der Waals surface area contributed by atoms with Crippen LogP contribution in [0.1, 0.15) is 29.6 Å². The van der Waals surface area contributed by atoms with Crippen molar-refractivity contribution in [2.24, 2.45) is 4.99 Å². The summed E-state index contributed by atoms with van der Waals surface area (Å²) in [4.78, 5) is 31.2. The van der Waals surface area contributed by atoms with E-state index >= 15 is 0 Å². The van der Waals surface area contributed by atoms with Gasteiger partial charge in [-0.3, -0.25) is 14.6 Å². The predicted octanol–water partition coefficient (Wildman–Crippen LogP) is 3.55. The number of fused-ring (bicyclic) bond motifs is 1. The standard InChI is InChI=1S/C21H21N3O3S/c1-3-15-18(23-2)14(25)12-21(27-15)8-10-24(11-9-21)20(26)17-13-6-4-5-7-16(13)28-19(17)22/h3-7H,1-2,8-12,22H2. The normalized spacial score (nSPS) is 19.0. The van der Waals surface area contributed by atoms with Crippen molar-refractivity contribution in [3.8, 4) is 0 Å². The number of nitrogens with zero attached hydrogens (tertiary/aromatic N) is 2. The number of ether oxygens (including phenoxy) is 1. The second-order valence-corrected chi connectivity index (χ2v) is 8.17. The van der Waals surface area contributed by atoms with Crippen LogP contribution in [0, 0.1) is 0 Å². The molecule has 28 heavy (non-hydrogen) atoms. The fraction of sp³-hybridized carbons (Fsp3) is 0.286. The van der Waals surface area contributed by atoms with E-state index in [1.54, 1.807) is 4.90 Å². The van der Waals surface area contributed by atoms with Crippen LogP contribution in [0.15, 0.2) is 53.4 Å². The molecule has 1 aromatic carbocycles. The summed E-state index contributed by atoms with van der Waals surface area (Å²) in [5, 5.41) is 1.42. The van der Waals surface area contributed by atoms with Gasteiger partial charge < -0.3 is 15.4 Å². The third kappa shape index (κ3) is 2.92. The van der Waals surface area contributed by atoms with Crippen LogP contribution >= 0.6 is 11.3 Å². The summed E-state index contributed by atoms with van der Waals surface area (Å²) < 4.78 is 7.10. The van der Waals surface area contributed by atoms with Crippen molar-refractivity contribution in [2.45, 2.75) is 24.9 Å². The van der Waals surface area contributed by atoms with Gasteiger partial charge in [-0.1, -0.05) is 24.8 Å². The number of rotatable bonds is 3. The molecular formula is C21H21N3O3S. The van der Waals surface area contributed by atoms with Crippen LogP contribution < -0.4 is 5.73 Å². The van der Waals surface area contributed by atoms with E-state index in [-0.39, 0.29) is 23.8 Å². The van der Waals surface area contributed by atoms with Gasteiger partial charge in [-0.25, -0.2) is 0 Å². The number of carbonyl (C=O) groups excluding carboxylic acids is 2. The highest BCUT2D eigenvalue weighted by molar-refractivity contribution is 7.23. The summed E-state index contributed by atoms with van der Waals surface area (Å²) in [5.74, 6) is 0.211. The molecule has 0 bridgehead atoms. The van der Waals surface area contributed by atoms with E-state index in [9.17, 15) is 9.59 Å². The molecule has 1 aromatic heterocycles. The van der Waals surface area contributed by atoms with Crippen molar-refractivity contribution < 1.29 is 14.3 Å². The van der Waals surface area contributed by atoms with E-state index in [1.807, 2.05) is 24.3 Å². The Kier molecular flexibility index (Phi) is 4.55. The monoisotopic (exact) mass is 395 g/mol. The van der Waals surface area contributed by atoms with Gasteiger partial charge in [-0.05, 0) is 18.9 Å². The van der Waals surface area contributed by atoms with E-state index in [0.29, 0.717) is 42.3 Å². The molecular weight excluding hydrogens is 374 g/mol. The van der Waals surface area contributed by atoms with Gasteiger partial charge in [0.1, 0.15) is 17.1 Å². The average Bonchev–Trinajstić information content (AvgIpc) is 3.03. The molecule has 1 amide bonds. The molecule has 0 unspecified atom stereocenters. The lowest BCUT2D eigenvalue weighted by Crippen LogP contribution is -2.50. The molecule has 2 aliphatic heterocycles.